The smallest absolute Gasteiger partial charge is 0.129 e. The topological polar surface area (TPSA) is 62.8 Å². The maximum atomic E-state index is 7.84. The minimum Gasteiger partial charge on any atom is -0.383 e. The van der Waals surface area contributed by atoms with Crippen molar-refractivity contribution >= 4 is 40.7 Å². The molecule has 0 spiro atoms. The van der Waals surface area contributed by atoms with Crippen molar-refractivity contribution in [1.29, 1.82) is 5.41 Å². The Hall–Kier alpha value is -1.24. The monoisotopic (exact) mass is 347 g/mol. The van der Waals surface area contributed by atoms with Gasteiger partial charge in [0.2, 0.25) is 0 Å². The van der Waals surface area contributed by atoms with Crippen LogP contribution < -0.4 is 5.73 Å². The Bertz CT molecular complexity index is 724. The highest BCUT2D eigenvalue weighted by atomic mass is 32.2. The number of benzene rings is 1. The van der Waals surface area contributed by atoms with Crippen LogP contribution in [0.1, 0.15) is 16.1 Å². The van der Waals surface area contributed by atoms with E-state index in [4.69, 9.17) is 11.1 Å². The molecule has 1 aromatic heterocycles. The molecule has 1 aliphatic heterocycles. The molecule has 3 rings (SSSR count). The summed E-state index contributed by atoms with van der Waals surface area (Å²) >= 11 is 5.12. The number of hydrogen-bond acceptors (Lipinski definition) is 5. The van der Waals surface area contributed by atoms with E-state index in [9.17, 15) is 0 Å². The number of hydrogen-bond donors (Lipinski definition) is 2. The van der Waals surface area contributed by atoms with Gasteiger partial charge in [0.25, 0.3) is 0 Å². The van der Waals surface area contributed by atoms with Gasteiger partial charge in [0.15, 0.2) is 0 Å². The second kappa shape index (κ2) is 6.10. The molecule has 0 radical (unpaired) electrons. The average molecular weight is 348 g/mol. The first-order valence-electron chi connectivity index (χ1n) is 6.82. The molecule has 0 aliphatic carbocycles. The van der Waals surface area contributed by atoms with E-state index in [0.29, 0.717) is 0 Å². The predicted octanol–water partition coefficient (Wildman–Crippen LogP) is 3.99. The van der Waals surface area contributed by atoms with Crippen LogP contribution in [0.4, 0.5) is 0 Å². The van der Waals surface area contributed by atoms with Gasteiger partial charge in [0, 0.05) is 16.5 Å². The molecule has 2 atom stereocenters. The predicted molar refractivity (Wildman–Crippen MR) is 99.0 cm³/mol. The Labute approximate surface area is 142 Å². The molecular weight excluding hydrogens is 330 g/mol. The van der Waals surface area contributed by atoms with E-state index >= 15 is 0 Å². The van der Waals surface area contributed by atoms with Crippen molar-refractivity contribution < 1.29 is 0 Å². The molecule has 2 unspecified atom stereocenters. The van der Waals surface area contributed by atoms with Gasteiger partial charge in [-0.25, -0.2) is 4.98 Å². The molecule has 2 aromatic rings. The van der Waals surface area contributed by atoms with Gasteiger partial charge in [-0.3, -0.25) is 5.41 Å². The van der Waals surface area contributed by atoms with Crippen LogP contribution in [0.5, 0.6) is 0 Å². The van der Waals surface area contributed by atoms with Crippen molar-refractivity contribution in [1.82, 2.24) is 4.98 Å². The molecule has 1 aliphatic rings. The number of amidine groups is 1. The minimum atomic E-state index is -0.329. The van der Waals surface area contributed by atoms with Crippen LogP contribution in [0.25, 0.3) is 0 Å². The van der Waals surface area contributed by atoms with Crippen LogP contribution in [0, 0.1) is 12.3 Å². The summed E-state index contributed by atoms with van der Waals surface area (Å²) in [5.41, 5.74) is 7.92. The van der Waals surface area contributed by atoms with Crippen molar-refractivity contribution in [2.24, 2.45) is 5.73 Å². The zero-order valence-corrected chi connectivity index (χ0v) is 14.8. The molecule has 1 aromatic carbocycles. The Balaban J connectivity index is 2.29. The molecule has 6 heteroatoms. The Morgan fingerprint density at radius 3 is 2.77 bits per heavy atom. The van der Waals surface area contributed by atoms with Crippen LogP contribution in [-0.4, -0.2) is 21.7 Å². The fourth-order valence-electron chi connectivity index (χ4n) is 2.84. The summed E-state index contributed by atoms with van der Waals surface area (Å²) in [5, 5.41) is 10.9. The van der Waals surface area contributed by atoms with Crippen LogP contribution >= 0.6 is 34.9 Å². The van der Waals surface area contributed by atoms with Gasteiger partial charge < -0.3 is 5.73 Å². The highest BCUT2D eigenvalue weighted by molar-refractivity contribution is 8.19. The van der Waals surface area contributed by atoms with Gasteiger partial charge in [-0.2, -0.15) is 0 Å². The number of nitrogens with zero attached hydrogens (tertiary/aromatic N) is 1. The average Bonchev–Trinajstić information content (AvgIpc) is 3.15. The molecule has 2 heterocycles. The highest BCUT2D eigenvalue weighted by Gasteiger charge is 2.48. The lowest BCUT2D eigenvalue weighted by molar-refractivity contribution is 0.705. The maximum absolute atomic E-state index is 7.84. The minimum absolute atomic E-state index is 0.135. The van der Waals surface area contributed by atoms with E-state index in [2.05, 4.69) is 48.5 Å². The fourth-order valence-corrected chi connectivity index (χ4v) is 6.32. The Morgan fingerprint density at radius 1 is 1.41 bits per heavy atom. The Kier molecular flexibility index (Phi) is 4.34. The van der Waals surface area contributed by atoms with Crippen LogP contribution in [0.15, 0.2) is 46.8 Å². The van der Waals surface area contributed by atoms with Crippen molar-refractivity contribution in [3.63, 3.8) is 0 Å². The number of thiazole rings is 1. The lowest BCUT2D eigenvalue weighted by Crippen LogP contribution is -2.33. The number of thioether (sulfide) groups is 2. The van der Waals surface area contributed by atoms with Gasteiger partial charge >= 0.3 is 0 Å². The third-order valence-electron chi connectivity index (χ3n) is 3.82. The van der Waals surface area contributed by atoms with E-state index in [1.807, 2.05) is 11.6 Å². The van der Waals surface area contributed by atoms with E-state index in [0.717, 1.165) is 9.91 Å². The summed E-state index contributed by atoms with van der Waals surface area (Å²) in [5.74, 6) is 0.135. The molecule has 3 N–H and O–H groups in total. The van der Waals surface area contributed by atoms with E-state index < -0.39 is 0 Å². The van der Waals surface area contributed by atoms with Crippen LogP contribution in [0.3, 0.4) is 0 Å². The van der Waals surface area contributed by atoms with Crippen molar-refractivity contribution in [3.8, 4) is 0 Å². The first-order chi connectivity index (χ1) is 10.6. The lowest BCUT2D eigenvalue weighted by Gasteiger charge is -2.32. The summed E-state index contributed by atoms with van der Waals surface area (Å²) in [7, 11) is 0. The molecular formula is C16H17N3S3. The zero-order chi connectivity index (χ0) is 15.7. The normalized spacial score (nSPS) is 24.3. The number of rotatable bonds is 4. The molecule has 22 heavy (non-hydrogen) atoms. The summed E-state index contributed by atoms with van der Waals surface area (Å²) < 4.78 is 0.221. The van der Waals surface area contributed by atoms with Gasteiger partial charge in [-0.15, -0.1) is 34.9 Å². The number of allylic oxidation sites excluding steroid dienone is 1. The number of aromatic nitrogens is 1. The molecule has 114 valence electrons. The van der Waals surface area contributed by atoms with Crippen molar-refractivity contribution in [2.75, 3.05) is 6.26 Å². The summed E-state index contributed by atoms with van der Waals surface area (Å²) in [6.07, 6.45) is 6.10. The number of aryl methyl sites for hydroxylation is 1. The lowest BCUT2D eigenvalue weighted by atomic mass is 9.80. The molecule has 3 nitrogen and oxygen atoms in total. The van der Waals surface area contributed by atoms with Crippen molar-refractivity contribution in [3.05, 3.63) is 63.0 Å². The van der Waals surface area contributed by atoms with Crippen LogP contribution in [0.2, 0.25) is 0 Å². The van der Waals surface area contributed by atoms with E-state index in [1.54, 1.807) is 34.9 Å². The summed E-state index contributed by atoms with van der Waals surface area (Å²) in [4.78, 5) is 5.46. The maximum Gasteiger partial charge on any atom is 0.129 e. The third-order valence-corrected chi connectivity index (χ3v) is 7.59. The molecule has 0 fully saturated rings. The van der Waals surface area contributed by atoms with Gasteiger partial charge in [0.05, 0.1) is 10.00 Å². The quantitative estimate of drug-likeness (QED) is 0.648. The molecule has 0 amide bonds. The third kappa shape index (κ3) is 2.39. The first kappa shape index (κ1) is 15.6. The zero-order valence-electron chi connectivity index (χ0n) is 12.4. The molecule has 0 saturated carbocycles. The van der Waals surface area contributed by atoms with Gasteiger partial charge in [-0.05, 0) is 30.4 Å². The summed E-state index contributed by atoms with van der Waals surface area (Å²) in [6, 6.07) is 8.42. The largest absolute Gasteiger partial charge is 0.383 e. The summed E-state index contributed by atoms with van der Waals surface area (Å²) in [6.45, 7) is 2.13. The van der Waals surface area contributed by atoms with Crippen molar-refractivity contribution in [2.45, 2.75) is 16.9 Å². The Morgan fingerprint density at radius 2 is 2.18 bits per heavy atom. The fraction of sp³-hybridized carbons (Fsp3) is 0.250. The SMILES string of the molecule is CSC1SC(C(=N)N)=CC1(c1nccs1)c1ccccc1C. The number of nitrogens with two attached hydrogens (primary N) is 1. The van der Waals surface area contributed by atoms with Crippen LogP contribution in [-0.2, 0) is 5.41 Å². The highest BCUT2D eigenvalue weighted by Crippen LogP contribution is 2.55. The van der Waals surface area contributed by atoms with Gasteiger partial charge in [0.1, 0.15) is 10.8 Å². The second-order valence-corrected chi connectivity index (χ2v) is 8.41. The molecule has 0 bridgehead atoms. The van der Waals surface area contributed by atoms with E-state index in [-0.39, 0.29) is 15.8 Å². The number of nitrogens with one attached hydrogen (secondary N) is 1. The van der Waals surface area contributed by atoms with Gasteiger partial charge in [-0.1, -0.05) is 24.3 Å². The molecule has 0 saturated heterocycles. The standard InChI is InChI=1S/C16H17N3S3/c1-10-5-3-4-6-11(10)16(14-19-7-8-21-14)9-12(13(17)18)22-15(16)20-2/h3-9,15H,1-2H3,(H3,17,18). The second-order valence-electron chi connectivity index (χ2n) is 5.13. The first-order valence-corrected chi connectivity index (χ1v) is 9.87. The van der Waals surface area contributed by atoms with E-state index in [1.165, 1.54) is 11.1 Å².